The van der Waals surface area contributed by atoms with Gasteiger partial charge in [0.2, 0.25) is 5.89 Å². The maximum atomic E-state index is 5.86. The fraction of sp³-hybridized carbons (Fsp3) is 0.333. The van der Waals surface area contributed by atoms with Crippen LogP contribution in [0.3, 0.4) is 0 Å². The fourth-order valence-electron chi connectivity index (χ4n) is 1.56. The average molecular weight is 252 g/mol. The maximum absolute atomic E-state index is 5.86. The van der Waals surface area contributed by atoms with E-state index in [1.165, 1.54) is 0 Å². The predicted molar refractivity (Wildman–Crippen MR) is 67.8 cm³/mol. The Kier molecular flexibility index (Phi) is 3.33. The summed E-state index contributed by atoms with van der Waals surface area (Å²) in [5.74, 6) is 0.417. The number of nitrogens with zero attached hydrogens (tertiary/aromatic N) is 2. The van der Waals surface area contributed by atoms with Gasteiger partial charge >= 0.3 is 6.01 Å². The van der Waals surface area contributed by atoms with Gasteiger partial charge in [-0.1, -0.05) is 23.3 Å². The van der Waals surface area contributed by atoms with Crippen LogP contribution in [0.1, 0.15) is 29.3 Å². The number of nitrogens with one attached hydrogen (secondary N) is 1. The number of anilines is 2. The smallest absolute Gasteiger partial charge is 0.320 e. The van der Waals surface area contributed by atoms with Crippen molar-refractivity contribution >= 4 is 23.3 Å². The molecule has 0 spiro atoms. The SMILES string of the molecule is Cc1cccc(C)c1Nc1nnc(C(C)Cl)o1. The van der Waals surface area contributed by atoms with Gasteiger partial charge in [0.25, 0.3) is 0 Å². The minimum absolute atomic E-state index is 0.281. The van der Waals surface area contributed by atoms with Crippen LogP contribution in [0.5, 0.6) is 0 Å². The second-order valence-corrected chi connectivity index (χ2v) is 4.61. The molecule has 0 bridgehead atoms. The molecular weight excluding hydrogens is 238 g/mol. The Hall–Kier alpha value is -1.55. The lowest BCUT2D eigenvalue weighted by atomic mass is 10.1. The van der Waals surface area contributed by atoms with Crippen LogP contribution < -0.4 is 5.32 Å². The lowest BCUT2D eigenvalue weighted by Gasteiger charge is -2.08. The zero-order valence-corrected chi connectivity index (χ0v) is 10.7. The molecule has 1 N–H and O–H groups in total. The summed E-state index contributed by atoms with van der Waals surface area (Å²) in [5.41, 5.74) is 3.25. The van der Waals surface area contributed by atoms with E-state index in [0.717, 1.165) is 16.8 Å². The van der Waals surface area contributed by atoms with Crippen molar-refractivity contribution in [1.29, 1.82) is 0 Å². The third kappa shape index (κ3) is 2.58. The molecule has 0 aliphatic heterocycles. The molecule has 0 fully saturated rings. The highest BCUT2D eigenvalue weighted by Crippen LogP contribution is 2.25. The highest BCUT2D eigenvalue weighted by atomic mass is 35.5. The van der Waals surface area contributed by atoms with Crippen molar-refractivity contribution in [3.05, 3.63) is 35.2 Å². The van der Waals surface area contributed by atoms with E-state index in [4.69, 9.17) is 16.0 Å². The molecule has 0 saturated heterocycles. The monoisotopic (exact) mass is 251 g/mol. The van der Waals surface area contributed by atoms with Crippen molar-refractivity contribution in [1.82, 2.24) is 10.2 Å². The Morgan fingerprint density at radius 2 is 1.88 bits per heavy atom. The summed E-state index contributed by atoms with van der Waals surface area (Å²) < 4.78 is 5.39. The molecule has 0 aliphatic carbocycles. The minimum atomic E-state index is -0.281. The largest absolute Gasteiger partial charge is 0.406 e. The molecule has 2 aromatic rings. The summed E-state index contributed by atoms with van der Waals surface area (Å²) in [6, 6.07) is 6.42. The van der Waals surface area contributed by atoms with Crippen molar-refractivity contribution in [2.45, 2.75) is 26.1 Å². The number of alkyl halides is 1. The lowest BCUT2D eigenvalue weighted by Crippen LogP contribution is -1.95. The molecule has 5 heteroatoms. The van der Waals surface area contributed by atoms with E-state index in [2.05, 4.69) is 15.5 Å². The van der Waals surface area contributed by atoms with E-state index in [1.54, 1.807) is 6.92 Å². The van der Waals surface area contributed by atoms with Crippen molar-refractivity contribution in [3.63, 3.8) is 0 Å². The summed E-state index contributed by atoms with van der Waals surface area (Å²) >= 11 is 5.86. The quantitative estimate of drug-likeness (QED) is 0.845. The molecule has 1 aromatic heterocycles. The first-order valence-corrected chi connectivity index (χ1v) is 5.82. The highest BCUT2D eigenvalue weighted by molar-refractivity contribution is 6.20. The number of para-hydroxylation sites is 1. The van der Waals surface area contributed by atoms with Crippen molar-refractivity contribution in [2.24, 2.45) is 0 Å². The molecule has 1 aromatic carbocycles. The van der Waals surface area contributed by atoms with Crippen LogP contribution in [-0.2, 0) is 0 Å². The topological polar surface area (TPSA) is 51.0 Å². The molecule has 0 amide bonds. The summed E-state index contributed by atoms with van der Waals surface area (Å²) in [7, 11) is 0. The molecule has 1 atom stereocenters. The van der Waals surface area contributed by atoms with Crippen molar-refractivity contribution < 1.29 is 4.42 Å². The van der Waals surface area contributed by atoms with Crippen LogP contribution >= 0.6 is 11.6 Å². The number of rotatable bonds is 3. The normalized spacial score (nSPS) is 12.5. The van der Waals surface area contributed by atoms with Crippen LogP contribution in [0, 0.1) is 13.8 Å². The molecule has 4 nitrogen and oxygen atoms in total. The van der Waals surface area contributed by atoms with Crippen molar-refractivity contribution in [3.8, 4) is 0 Å². The van der Waals surface area contributed by atoms with E-state index in [-0.39, 0.29) is 5.38 Å². The zero-order valence-electron chi connectivity index (χ0n) is 9.99. The van der Waals surface area contributed by atoms with E-state index in [1.807, 2.05) is 32.0 Å². The summed E-state index contributed by atoms with van der Waals surface area (Å²) in [6.45, 7) is 5.84. The first kappa shape index (κ1) is 11.9. The van der Waals surface area contributed by atoms with Gasteiger partial charge in [-0.15, -0.1) is 16.7 Å². The summed E-state index contributed by atoms with van der Waals surface area (Å²) in [5, 5.41) is 10.6. The summed E-state index contributed by atoms with van der Waals surface area (Å²) in [4.78, 5) is 0. The molecule has 0 aliphatic rings. The molecule has 0 radical (unpaired) electrons. The summed E-state index contributed by atoms with van der Waals surface area (Å²) in [6.07, 6.45) is 0. The Bertz CT molecular complexity index is 502. The minimum Gasteiger partial charge on any atom is -0.406 e. The standard InChI is InChI=1S/C12H14ClN3O/c1-7-5-4-6-8(2)10(7)14-12-16-15-11(17-12)9(3)13/h4-6,9H,1-3H3,(H,14,16). The van der Waals surface area contributed by atoms with Crippen LogP contribution in [-0.4, -0.2) is 10.2 Å². The van der Waals surface area contributed by atoms with Gasteiger partial charge in [-0.3, -0.25) is 0 Å². The molecular formula is C12H14ClN3O. The maximum Gasteiger partial charge on any atom is 0.320 e. The third-order valence-corrected chi connectivity index (χ3v) is 2.68. The fourth-order valence-corrected chi connectivity index (χ4v) is 1.65. The third-order valence-electron chi connectivity index (χ3n) is 2.49. The van der Waals surface area contributed by atoms with Gasteiger partial charge in [-0.2, -0.15) is 0 Å². The molecule has 1 unspecified atom stereocenters. The van der Waals surface area contributed by atoms with Gasteiger partial charge in [0.1, 0.15) is 5.38 Å². The molecule has 17 heavy (non-hydrogen) atoms. The number of aryl methyl sites for hydroxylation is 2. The number of halogens is 1. The first-order chi connectivity index (χ1) is 8.08. The Balaban J connectivity index is 2.25. The van der Waals surface area contributed by atoms with Crippen molar-refractivity contribution in [2.75, 3.05) is 5.32 Å². The van der Waals surface area contributed by atoms with E-state index >= 15 is 0 Å². The van der Waals surface area contributed by atoms with Gasteiger partial charge in [0.15, 0.2) is 0 Å². The van der Waals surface area contributed by atoms with E-state index in [0.29, 0.717) is 11.9 Å². The first-order valence-electron chi connectivity index (χ1n) is 5.38. The van der Waals surface area contributed by atoms with Crippen LogP contribution in [0.4, 0.5) is 11.7 Å². The number of benzene rings is 1. The van der Waals surface area contributed by atoms with Gasteiger partial charge in [0.05, 0.1) is 0 Å². The molecule has 90 valence electrons. The number of aromatic nitrogens is 2. The van der Waals surface area contributed by atoms with Gasteiger partial charge < -0.3 is 9.73 Å². The number of hydrogen-bond acceptors (Lipinski definition) is 4. The van der Waals surface area contributed by atoms with E-state index < -0.39 is 0 Å². The van der Waals surface area contributed by atoms with Crippen LogP contribution in [0.2, 0.25) is 0 Å². The molecule has 2 rings (SSSR count). The van der Waals surface area contributed by atoms with E-state index in [9.17, 15) is 0 Å². The Morgan fingerprint density at radius 3 is 2.41 bits per heavy atom. The van der Waals surface area contributed by atoms with Gasteiger partial charge in [-0.25, -0.2) is 0 Å². The highest BCUT2D eigenvalue weighted by Gasteiger charge is 2.12. The number of hydrogen-bond donors (Lipinski definition) is 1. The lowest BCUT2D eigenvalue weighted by molar-refractivity contribution is 0.510. The second-order valence-electron chi connectivity index (χ2n) is 3.95. The van der Waals surface area contributed by atoms with Gasteiger partial charge in [-0.05, 0) is 31.9 Å². The average Bonchev–Trinajstić information content (AvgIpc) is 2.72. The Morgan fingerprint density at radius 1 is 1.24 bits per heavy atom. The molecule has 0 saturated carbocycles. The van der Waals surface area contributed by atoms with Gasteiger partial charge in [0, 0.05) is 5.69 Å². The predicted octanol–water partition coefficient (Wildman–Crippen LogP) is 3.73. The zero-order chi connectivity index (χ0) is 12.4. The Labute approximate surface area is 105 Å². The van der Waals surface area contributed by atoms with Crippen LogP contribution in [0.15, 0.2) is 22.6 Å². The molecule has 1 heterocycles. The second kappa shape index (κ2) is 4.75. The van der Waals surface area contributed by atoms with Crippen LogP contribution in [0.25, 0.3) is 0 Å².